The molecule has 0 unspecified atom stereocenters. The Morgan fingerprint density at radius 3 is 2.26 bits per heavy atom. The van der Waals surface area contributed by atoms with Crippen LogP contribution in [0.15, 0.2) is 96.1 Å². The molecule has 0 saturated heterocycles. The lowest BCUT2D eigenvalue weighted by Crippen LogP contribution is -2.32. The van der Waals surface area contributed by atoms with Crippen molar-refractivity contribution in [3.8, 4) is 5.75 Å². The molecule has 0 aromatic heterocycles. The van der Waals surface area contributed by atoms with E-state index in [0.717, 1.165) is 22.9 Å². The number of esters is 1. The molecule has 0 spiro atoms. The third-order valence-corrected chi connectivity index (χ3v) is 4.81. The number of fused-ring (bicyclic) bond motifs is 1. The van der Waals surface area contributed by atoms with Gasteiger partial charge in [0.05, 0.1) is 11.8 Å². The van der Waals surface area contributed by atoms with Crippen LogP contribution in [0.3, 0.4) is 0 Å². The van der Waals surface area contributed by atoms with Crippen LogP contribution in [0.25, 0.3) is 10.8 Å². The fraction of sp³-hybridized carbons (Fsp3) is 0. The van der Waals surface area contributed by atoms with Crippen LogP contribution >= 0.6 is 0 Å². The van der Waals surface area contributed by atoms with Crippen LogP contribution in [0.5, 0.6) is 5.75 Å². The highest BCUT2D eigenvalue weighted by Gasteiger charge is 2.15. The van der Waals surface area contributed by atoms with Gasteiger partial charge in [0, 0.05) is 11.3 Å². The predicted octanol–water partition coefficient (Wildman–Crippen LogP) is 4.29. The largest absolute Gasteiger partial charge is 0.422 e. The second kappa shape index (κ2) is 10.2. The first-order valence-corrected chi connectivity index (χ1v) is 10.2. The highest BCUT2D eigenvalue weighted by atomic mass is 19.1. The zero-order chi connectivity index (χ0) is 23.9. The number of benzene rings is 4. The van der Waals surface area contributed by atoms with Crippen molar-refractivity contribution in [1.82, 2.24) is 5.43 Å². The average Bonchev–Trinajstić information content (AvgIpc) is 2.86. The van der Waals surface area contributed by atoms with Crippen molar-refractivity contribution >= 4 is 40.5 Å². The number of ether oxygens (including phenoxy) is 1. The third kappa shape index (κ3) is 5.31. The van der Waals surface area contributed by atoms with Gasteiger partial charge < -0.3 is 10.1 Å². The van der Waals surface area contributed by atoms with Gasteiger partial charge >= 0.3 is 17.8 Å². The highest BCUT2D eigenvalue weighted by molar-refractivity contribution is 6.39. The van der Waals surface area contributed by atoms with Crippen LogP contribution in [0, 0.1) is 5.82 Å². The number of hydrazone groups is 1. The van der Waals surface area contributed by atoms with Gasteiger partial charge in [0.1, 0.15) is 11.6 Å². The minimum atomic E-state index is -1.02. The molecular weight excluding hydrogens is 437 g/mol. The summed E-state index contributed by atoms with van der Waals surface area (Å²) in [5.74, 6) is -2.78. The molecule has 0 aliphatic heterocycles. The molecule has 168 valence electrons. The monoisotopic (exact) mass is 455 g/mol. The van der Waals surface area contributed by atoms with E-state index < -0.39 is 23.6 Å². The number of nitrogens with zero attached hydrogens (tertiary/aromatic N) is 1. The summed E-state index contributed by atoms with van der Waals surface area (Å²) < 4.78 is 18.6. The first kappa shape index (κ1) is 22.3. The molecule has 0 saturated carbocycles. The van der Waals surface area contributed by atoms with E-state index in [1.165, 1.54) is 18.3 Å². The van der Waals surface area contributed by atoms with E-state index in [9.17, 15) is 18.8 Å². The van der Waals surface area contributed by atoms with Crippen molar-refractivity contribution in [3.05, 3.63) is 108 Å². The Bertz CT molecular complexity index is 1390. The third-order valence-electron chi connectivity index (χ3n) is 4.81. The maximum Gasteiger partial charge on any atom is 0.343 e. The molecule has 0 heterocycles. The van der Waals surface area contributed by atoms with Crippen molar-refractivity contribution in [2.45, 2.75) is 0 Å². The summed E-state index contributed by atoms with van der Waals surface area (Å²) >= 11 is 0. The fourth-order valence-corrected chi connectivity index (χ4v) is 3.16. The second-order valence-electron chi connectivity index (χ2n) is 7.11. The summed E-state index contributed by atoms with van der Waals surface area (Å²) in [6.45, 7) is 0. The summed E-state index contributed by atoms with van der Waals surface area (Å²) in [6.07, 6.45) is 1.30. The lowest BCUT2D eigenvalue weighted by atomic mass is 10.0. The Balaban J connectivity index is 1.53. The average molecular weight is 455 g/mol. The van der Waals surface area contributed by atoms with E-state index in [1.54, 1.807) is 42.5 Å². The number of anilines is 1. The van der Waals surface area contributed by atoms with Gasteiger partial charge in [-0.25, -0.2) is 14.6 Å². The molecule has 34 heavy (non-hydrogen) atoms. The number of nitrogens with one attached hydrogen (secondary N) is 2. The number of halogens is 1. The summed E-state index contributed by atoms with van der Waals surface area (Å²) in [4.78, 5) is 36.7. The Morgan fingerprint density at radius 2 is 1.50 bits per heavy atom. The van der Waals surface area contributed by atoms with E-state index >= 15 is 0 Å². The molecule has 0 fully saturated rings. The van der Waals surface area contributed by atoms with Crippen molar-refractivity contribution in [1.29, 1.82) is 0 Å². The van der Waals surface area contributed by atoms with Gasteiger partial charge in [-0.2, -0.15) is 5.10 Å². The normalized spacial score (nSPS) is 10.7. The van der Waals surface area contributed by atoms with Crippen LogP contribution in [0.4, 0.5) is 10.1 Å². The number of hydrogen-bond acceptors (Lipinski definition) is 5. The maximum absolute atomic E-state index is 13.0. The maximum atomic E-state index is 13.0. The Hall–Kier alpha value is -4.85. The molecule has 4 rings (SSSR count). The molecule has 8 heteroatoms. The van der Waals surface area contributed by atoms with Crippen LogP contribution in [-0.2, 0) is 9.59 Å². The topological polar surface area (TPSA) is 96.9 Å². The fourth-order valence-electron chi connectivity index (χ4n) is 3.16. The quantitative estimate of drug-likeness (QED) is 0.154. The molecule has 2 amide bonds. The SMILES string of the molecule is O=C(N/N=C/c1c(OC(=O)c2ccccc2)ccc2ccccc12)C(=O)Nc1ccc(F)cc1. The van der Waals surface area contributed by atoms with Crippen LogP contribution in [-0.4, -0.2) is 24.0 Å². The summed E-state index contributed by atoms with van der Waals surface area (Å²) in [5, 5.41) is 7.81. The number of rotatable bonds is 5. The molecule has 0 atom stereocenters. The first-order valence-electron chi connectivity index (χ1n) is 10.2. The molecular formula is C26H18FN3O4. The number of hydrogen-bond donors (Lipinski definition) is 2. The van der Waals surface area contributed by atoms with Crippen molar-refractivity contribution < 1.29 is 23.5 Å². The van der Waals surface area contributed by atoms with Gasteiger partial charge in [0.15, 0.2) is 0 Å². The molecule has 7 nitrogen and oxygen atoms in total. The second-order valence-corrected chi connectivity index (χ2v) is 7.11. The van der Waals surface area contributed by atoms with E-state index in [2.05, 4.69) is 15.8 Å². The standard InChI is InChI=1S/C26H18FN3O4/c27-19-11-13-20(14-12-19)29-24(31)25(32)30-28-16-22-21-9-5-4-6-17(21)10-15-23(22)34-26(33)18-7-2-1-3-8-18/h1-16H,(H,29,31)(H,30,32)/b28-16+. The molecule has 0 radical (unpaired) electrons. The number of amides is 2. The van der Waals surface area contributed by atoms with Crippen molar-refractivity contribution in [2.75, 3.05) is 5.32 Å². The lowest BCUT2D eigenvalue weighted by molar-refractivity contribution is -0.136. The minimum absolute atomic E-state index is 0.237. The molecule has 4 aromatic rings. The Kier molecular flexibility index (Phi) is 6.69. The van der Waals surface area contributed by atoms with Gasteiger partial charge in [0.2, 0.25) is 0 Å². The zero-order valence-corrected chi connectivity index (χ0v) is 17.7. The van der Waals surface area contributed by atoms with E-state index in [4.69, 9.17) is 4.74 Å². The molecule has 0 aliphatic rings. The smallest absolute Gasteiger partial charge is 0.343 e. The predicted molar refractivity (Wildman–Crippen MR) is 126 cm³/mol. The Labute approximate surface area is 193 Å². The molecule has 4 aromatic carbocycles. The number of carbonyl (C=O) groups is 3. The van der Waals surface area contributed by atoms with E-state index in [-0.39, 0.29) is 11.4 Å². The van der Waals surface area contributed by atoms with Crippen molar-refractivity contribution in [3.63, 3.8) is 0 Å². The summed E-state index contributed by atoms with van der Waals surface area (Å²) in [5.41, 5.74) is 3.23. The van der Waals surface area contributed by atoms with Gasteiger partial charge in [-0.15, -0.1) is 0 Å². The van der Waals surface area contributed by atoms with Crippen molar-refractivity contribution in [2.24, 2.45) is 5.10 Å². The van der Waals surface area contributed by atoms with Gasteiger partial charge in [0.25, 0.3) is 0 Å². The lowest BCUT2D eigenvalue weighted by Gasteiger charge is -2.10. The van der Waals surface area contributed by atoms with Crippen LogP contribution < -0.4 is 15.5 Å². The Morgan fingerprint density at radius 1 is 0.794 bits per heavy atom. The van der Waals surface area contributed by atoms with Crippen LogP contribution in [0.2, 0.25) is 0 Å². The molecule has 0 aliphatic carbocycles. The van der Waals surface area contributed by atoms with Gasteiger partial charge in [-0.1, -0.05) is 48.5 Å². The summed E-state index contributed by atoms with van der Waals surface area (Å²) in [6, 6.07) is 24.3. The van der Waals surface area contributed by atoms with Gasteiger partial charge in [-0.05, 0) is 53.2 Å². The van der Waals surface area contributed by atoms with E-state index in [0.29, 0.717) is 11.1 Å². The molecule has 0 bridgehead atoms. The zero-order valence-electron chi connectivity index (χ0n) is 17.7. The molecule has 2 N–H and O–H groups in total. The summed E-state index contributed by atoms with van der Waals surface area (Å²) in [7, 11) is 0. The first-order chi connectivity index (χ1) is 16.5. The highest BCUT2D eigenvalue weighted by Crippen LogP contribution is 2.27. The van der Waals surface area contributed by atoms with E-state index in [1.807, 2.05) is 24.3 Å². The minimum Gasteiger partial charge on any atom is -0.422 e. The number of carbonyl (C=O) groups excluding carboxylic acids is 3. The van der Waals surface area contributed by atoms with Crippen LogP contribution in [0.1, 0.15) is 15.9 Å². The van der Waals surface area contributed by atoms with Gasteiger partial charge in [-0.3, -0.25) is 9.59 Å².